The highest BCUT2D eigenvalue weighted by molar-refractivity contribution is 5.77. The number of carbonyl (C=O) groups excluding carboxylic acids is 2. The number of benzene rings is 1. The van der Waals surface area contributed by atoms with Crippen LogP contribution in [-0.4, -0.2) is 31.6 Å². The normalized spacial score (nSPS) is 15.7. The fraction of sp³-hybridized carbons (Fsp3) is 0.619. The second kappa shape index (κ2) is 10.8. The van der Waals surface area contributed by atoms with E-state index in [0.29, 0.717) is 25.4 Å². The summed E-state index contributed by atoms with van der Waals surface area (Å²) in [6.07, 6.45) is 6.77. The topological polar surface area (TPSA) is 79.5 Å². The molecule has 6 nitrogen and oxygen atoms in total. The maximum absolute atomic E-state index is 12.2. The number of carbonyl (C=O) groups is 2. The molecule has 0 bridgehead atoms. The molecule has 0 unspecified atom stereocenters. The number of urea groups is 1. The molecule has 1 aliphatic carbocycles. The molecule has 3 amide bonds. The van der Waals surface area contributed by atoms with Crippen LogP contribution in [0.4, 0.5) is 4.79 Å². The minimum absolute atomic E-state index is 0.0273. The predicted octanol–water partition coefficient (Wildman–Crippen LogP) is 3.59. The van der Waals surface area contributed by atoms with Crippen molar-refractivity contribution in [3.05, 3.63) is 29.3 Å². The van der Waals surface area contributed by atoms with Crippen molar-refractivity contribution in [3.63, 3.8) is 0 Å². The maximum Gasteiger partial charge on any atom is 0.315 e. The summed E-state index contributed by atoms with van der Waals surface area (Å²) in [4.78, 5) is 24.1. The van der Waals surface area contributed by atoms with E-state index in [1.807, 2.05) is 32.0 Å². The smallest absolute Gasteiger partial charge is 0.315 e. The molecule has 1 saturated carbocycles. The van der Waals surface area contributed by atoms with Crippen LogP contribution in [-0.2, 0) is 4.79 Å². The molecular formula is C21H33N3O3. The molecule has 150 valence electrons. The van der Waals surface area contributed by atoms with Gasteiger partial charge in [0, 0.05) is 24.6 Å². The molecule has 0 radical (unpaired) electrons. The molecule has 1 aromatic rings. The number of hydrogen-bond donors (Lipinski definition) is 3. The molecule has 2 rings (SSSR count). The van der Waals surface area contributed by atoms with Crippen LogP contribution >= 0.6 is 0 Å². The SMILES string of the molecule is COc1ccc(C)cc1[C@H](C)NC(=O)CCCNC(=O)NC1CCCCC1. The number of rotatable bonds is 8. The van der Waals surface area contributed by atoms with Crippen LogP contribution in [0.1, 0.15) is 69.0 Å². The monoisotopic (exact) mass is 375 g/mol. The summed E-state index contributed by atoms with van der Waals surface area (Å²) < 4.78 is 5.38. The Morgan fingerprint density at radius 2 is 1.96 bits per heavy atom. The van der Waals surface area contributed by atoms with Gasteiger partial charge in [-0.2, -0.15) is 0 Å². The van der Waals surface area contributed by atoms with E-state index in [2.05, 4.69) is 16.0 Å². The number of aryl methyl sites for hydroxylation is 1. The van der Waals surface area contributed by atoms with Crippen molar-refractivity contribution >= 4 is 11.9 Å². The summed E-state index contributed by atoms with van der Waals surface area (Å²) in [7, 11) is 1.63. The third-order valence-electron chi connectivity index (χ3n) is 5.04. The summed E-state index contributed by atoms with van der Waals surface area (Å²) in [6, 6.07) is 5.98. The molecule has 3 N–H and O–H groups in total. The van der Waals surface area contributed by atoms with E-state index >= 15 is 0 Å². The number of amides is 3. The molecule has 6 heteroatoms. The van der Waals surface area contributed by atoms with E-state index in [1.165, 1.54) is 19.3 Å². The van der Waals surface area contributed by atoms with E-state index in [1.54, 1.807) is 7.11 Å². The minimum atomic E-state index is -0.130. The Balaban J connectivity index is 1.67. The fourth-order valence-corrected chi connectivity index (χ4v) is 3.52. The van der Waals surface area contributed by atoms with Gasteiger partial charge in [0.05, 0.1) is 13.2 Å². The number of methoxy groups -OCH3 is 1. The van der Waals surface area contributed by atoms with Crippen molar-refractivity contribution < 1.29 is 14.3 Å². The van der Waals surface area contributed by atoms with Gasteiger partial charge in [-0.1, -0.05) is 37.0 Å². The predicted molar refractivity (Wildman–Crippen MR) is 107 cm³/mol. The highest BCUT2D eigenvalue weighted by Crippen LogP contribution is 2.26. The van der Waals surface area contributed by atoms with Gasteiger partial charge in [0.25, 0.3) is 0 Å². The zero-order valence-electron chi connectivity index (χ0n) is 16.8. The lowest BCUT2D eigenvalue weighted by atomic mass is 9.96. The minimum Gasteiger partial charge on any atom is -0.496 e. The third kappa shape index (κ3) is 7.12. The number of hydrogen-bond acceptors (Lipinski definition) is 3. The molecule has 1 atom stereocenters. The molecule has 0 spiro atoms. The molecule has 0 aromatic heterocycles. The van der Waals surface area contributed by atoms with Crippen LogP contribution in [0, 0.1) is 6.92 Å². The Morgan fingerprint density at radius 1 is 1.22 bits per heavy atom. The van der Waals surface area contributed by atoms with E-state index < -0.39 is 0 Å². The lowest BCUT2D eigenvalue weighted by Gasteiger charge is -2.22. The molecule has 0 aliphatic heterocycles. The van der Waals surface area contributed by atoms with Crippen molar-refractivity contribution in [1.29, 1.82) is 0 Å². The van der Waals surface area contributed by atoms with Gasteiger partial charge in [-0.05, 0) is 39.2 Å². The van der Waals surface area contributed by atoms with Gasteiger partial charge in [-0.25, -0.2) is 4.79 Å². The van der Waals surface area contributed by atoms with Crippen LogP contribution in [0.5, 0.6) is 5.75 Å². The summed E-state index contributed by atoms with van der Waals surface area (Å²) in [5.41, 5.74) is 2.09. The second-order valence-electron chi connectivity index (χ2n) is 7.37. The van der Waals surface area contributed by atoms with E-state index in [-0.39, 0.29) is 18.0 Å². The average molecular weight is 376 g/mol. The Labute approximate surface area is 162 Å². The van der Waals surface area contributed by atoms with Gasteiger partial charge in [0.1, 0.15) is 5.75 Å². The quantitative estimate of drug-likeness (QED) is 0.608. The number of ether oxygens (including phenoxy) is 1. The van der Waals surface area contributed by atoms with Gasteiger partial charge < -0.3 is 20.7 Å². The second-order valence-corrected chi connectivity index (χ2v) is 7.37. The van der Waals surface area contributed by atoms with Gasteiger partial charge in [-0.3, -0.25) is 4.79 Å². The van der Waals surface area contributed by atoms with Gasteiger partial charge >= 0.3 is 6.03 Å². The van der Waals surface area contributed by atoms with E-state index in [0.717, 1.165) is 29.7 Å². The molecule has 1 fully saturated rings. The van der Waals surface area contributed by atoms with Gasteiger partial charge in [-0.15, -0.1) is 0 Å². The summed E-state index contributed by atoms with van der Waals surface area (Å²) >= 11 is 0. The van der Waals surface area contributed by atoms with E-state index in [9.17, 15) is 9.59 Å². The Bertz CT molecular complexity index is 627. The fourth-order valence-electron chi connectivity index (χ4n) is 3.52. The molecule has 0 saturated heterocycles. The van der Waals surface area contributed by atoms with Crippen molar-refractivity contribution in [2.75, 3.05) is 13.7 Å². The largest absolute Gasteiger partial charge is 0.496 e. The highest BCUT2D eigenvalue weighted by Gasteiger charge is 2.16. The average Bonchev–Trinajstić information content (AvgIpc) is 2.66. The standard InChI is InChI=1S/C21H33N3O3/c1-15-11-12-19(27-3)18(14-15)16(2)23-20(25)10-7-13-22-21(26)24-17-8-5-4-6-9-17/h11-12,14,16-17H,4-10,13H2,1-3H3,(H,23,25)(H2,22,24,26)/t16-/m0/s1. The van der Waals surface area contributed by atoms with E-state index in [4.69, 9.17) is 4.74 Å². The molecule has 1 aromatic carbocycles. The van der Waals surface area contributed by atoms with Crippen molar-refractivity contribution in [3.8, 4) is 5.75 Å². The van der Waals surface area contributed by atoms with Crippen molar-refractivity contribution in [1.82, 2.24) is 16.0 Å². The first-order valence-corrected chi connectivity index (χ1v) is 9.98. The van der Waals surface area contributed by atoms with Crippen LogP contribution in [0.25, 0.3) is 0 Å². The van der Waals surface area contributed by atoms with Crippen molar-refractivity contribution in [2.45, 2.75) is 70.9 Å². The first kappa shape index (κ1) is 21.1. The Kier molecular flexibility index (Phi) is 8.43. The molecular weight excluding hydrogens is 342 g/mol. The lowest BCUT2D eigenvalue weighted by Crippen LogP contribution is -2.43. The summed E-state index contributed by atoms with van der Waals surface area (Å²) in [5.74, 6) is 0.745. The van der Waals surface area contributed by atoms with Gasteiger partial charge in [0.15, 0.2) is 0 Å². The molecule has 0 heterocycles. The van der Waals surface area contributed by atoms with Crippen molar-refractivity contribution in [2.24, 2.45) is 0 Å². The molecule has 1 aliphatic rings. The number of nitrogens with one attached hydrogen (secondary N) is 3. The van der Waals surface area contributed by atoms with Crippen LogP contribution < -0.4 is 20.7 Å². The first-order valence-electron chi connectivity index (χ1n) is 9.98. The van der Waals surface area contributed by atoms with Crippen LogP contribution in [0.2, 0.25) is 0 Å². The summed E-state index contributed by atoms with van der Waals surface area (Å²) in [5, 5.41) is 8.86. The maximum atomic E-state index is 12.2. The summed E-state index contributed by atoms with van der Waals surface area (Å²) in [6.45, 7) is 4.46. The zero-order chi connectivity index (χ0) is 19.6. The Morgan fingerprint density at radius 3 is 2.67 bits per heavy atom. The highest BCUT2D eigenvalue weighted by atomic mass is 16.5. The lowest BCUT2D eigenvalue weighted by molar-refractivity contribution is -0.121. The Hall–Kier alpha value is -2.24. The first-order chi connectivity index (χ1) is 13.0. The zero-order valence-corrected chi connectivity index (χ0v) is 16.8. The van der Waals surface area contributed by atoms with Gasteiger partial charge in [0.2, 0.25) is 5.91 Å². The van der Waals surface area contributed by atoms with Crippen LogP contribution in [0.15, 0.2) is 18.2 Å². The van der Waals surface area contributed by atoms with Crippen LogP contribution in [0.3, 0.4) is 0 Å². The third-order valence-corrected chi connectivity index (χ3v) is 5.04. The molecule has 27 heavy (non-hydrogen) atoms.